The molecular formula is C26H26F6N8O4S2. The van der Waals surface area contributed by atoms with Crippen LogP contribution in [0.4, 0.5) is 37.7 Å². The fraction of sp³-hybridized carbons (Fsp3) is 0.192. The lowest BCUT2D eigenvalue weighted by Gasteiger charge is -2.12. The number of pyridine rings is 1. The van der Waals surface area contributed by atoms with Crippen LogP contribution in [-0.2, 0) is 39.4 Å². The fourth-order valence-corrected chi connectivity index (χ4v) is 5.74. The summed E-state index contributed by atoms with van der Waals surface area (Å²) in [6.45, 7) is 0. The molecule has 0 atom stereocenters. The van der Waals surface area contributed by atoms with Crippen molar-refractivity contribution in [2.45, 2.75) is 22.1 Å². The minimum atomic E-state index is -4.63. The number of hydrogen-bond acceptors (Lipinski definition) is 8. The average Bonchev–Trinajstić information content (AvgIpc) is 3.33. The molecule has 2 heterocycles. The Morgan fingerprint density at radius 2 is 1.39 bits per heavy atom. The summed E-state index contributed by atoms with van der Waals surface area (Å²) < 4.78 is 129. The highest BCUT2D eigenvalue weighted by Gasteiger charge is 2.35. The molecule has 0 bridgehead atoms. The van der Waals surface area contributed by atoms with Crippen molar-refractivity contribution in [3.63, 3.8) is 0 Å². The maximum Gasteiger partial charge on any atom is 0.435 e. The lowest BCUT2D eigenvalue weighted by atomic mass is 10.1. The number of primary sulfonamides is 1. The molecule has 0 fully saturated rings. The maximum atomic E-state index is 12.9. The van der Waals surface area contributed by atoms with Crippen molar-refractivity contribution in [3.05, 3.63) is 72.2 Å². The van der Waals surface area contributed by atoms with E-state index in [9.17, 15) is 43.2 Å². The number of alkyl halides is 6. The first-order valence-electron chi connectivity index (χ1n) is 12.4. The van der Waals surface area contributed by atoms with Crippen LogP contribution in [0.15, 0.2) is 75.1 Å². The summed E-state index contributed by atoms with van der Waals surface area (Å²) in [6, 6.07) is 9.18. The van der Waals surface area contributed by atoms with Crippen molar-refractivity contribution >= 4 is 37.8 Å². The number of nitrogens with zero attached hydrogens (tertiary/aromatic N) is 5. The summed E-state index contributed by atoms with van der Waals surface area (Å²) in [7, 11) is -3.89. The molecule has 12 nitrogen and oxygen atoms in total. The highest BCUT2D eigenvalue weighted by Crippen LogP contribution is 2.36. The van der Waals surface area contributed by atoms with Crippen LogP contribution >= 0.6 is 0 Å². The van der Waals surface area contributed by atoms with E-state index in [1.807, 2.05) is 0 Å². The van der Waals surface area contributed by atoms with Gasteiger partial charge in [0.25, 0.3) is 10.0 Å². The lowest BCUT2D eigenvalue weighted by Crippen LogP contribution is -2.14. The number of anilines is 2. The van der Waals surface area contributed by atoms with Crippen LogP contribution in [0.1, 0.15) is 11.3 Å². The molecular weight excluding hydrogens is 666 g/mol. The molecule has 0 amide bonds. The van der Waals surface area contributed by atoms with E-state index >= 15 is 0 Å². The van der Waals surface area contributed by atoms with Crippen LogP contribution in [-0.4, -0.2) is 56.9 Å². The quantitative estimate of drug-likeness (QED) is 0.116. The Hall–Kier alpha value is -4.69. The molecule has 0 radical (unpaired) electrons. The van der Waals surface area contributed by atoms with Crippen LogP contribution in [0.5, 0.6) is 0 Å². The number of nitrogen functional groups attached to an aromatic ring is 2. The second-order valence-corrected chi connectivity index (χ2v) is 12.8. The number of aryl methyl sites for hydroxylation is 1. The Morgan fingerprint density at radius 3 is 1.89 bits per heavy atom. The van der Waals surface area contributed by atoms with Crippen molar-refractivity contribution in [1.82, 2.24) is 19.7 Å². The standard InChI is InChI=1S/C15H15F3N4O2S.C11H11F3N4O2S/c1-22(2)9-21-25(23,24)14-6-12(19)3-4-13(14)10-5-11(8-20-7-10)15(16,17)18;1-18-8(5-10(17-18)11(12,13)14)7-3-2-6(15)4-9(7)21(16,19)20/h3-9H,19H2,1-2H3;2-5H,15H2,1H3,(H2,16,19,20). The van der Waals surface area contributed by atoms with E-state index < -0.39 is 43.7 Å². The second kappa shape index (κ2) is 13.0. The summed E-state index contributed by atoms with van der Waals surface area (Å²) in [5, 5.41) is 8.40. The zero-order valence-electron chi connectivity index (χ0n) is 24.0. The van der Waals surface area contributed by atoms with Gasteiger partial charge in [-0.2, -0.15) is 39.9 Å². The summed E-state index contributed by atoms with van der Waals surface area (Å²) >= 11 is 0. The van der Waals surface area contributed by atoms with Crippen molar-refractivity contribution in [2.75, 3.05) is 25.6 Å². The molecule has 20 heteroatoms. The first-order chi connectivity index (χ1) is 21.0. The van der Waals surface area contributed by atoms with Gasteiger partial charge in [0.1, 0.15) is 6.34 Å². The summed E-state index contributed by atoms with van der Waals surface area (Å²) in [5.74, 6) is 0. The first-order valence-corrected chi connectivity index (χ1v) is 15.4. The largest absolute Gasteiger partial charge is 0.435 e. The van der Waals surface area contributed by atoms with Gasteiger partial charge in [0, 0.05) is 61.6 Å². The molecule has 0 unspecified atom stereocenters. The minimum absolute atomic E-state index is 0.00259. The Bertz CT molecular complexity index is 1990. The Labute approximate surface area is 259 Å². The summed E-state index contributed by atoms with van der Waals surface area (Å²) in [5.41, 5.74) is 9.27. The third-order valence-corrected chi connectivity index (χ3v) is 8.05. The number of halogens is 6. The topological polar surface area (TPSA) is 193 Å². The Kier molecular flexibility index (Phi) is 10.1. The summed E-state index contributed by atoms with van der Waals surface area (Å²) in [4.78, 5) is 4.31. The second-order valence-electron chi connectivity index (χ2n) is 9.71. The van der Waals surface area contributed by atoms with E-state index in [4.69, 9.17) is 16.6 Å². The zero-order chi connectivity index (χ0) is 34.8. The van der Waals surface area contributed by atoms with Gasteiger partial charge in [-0.1, -0.05) is 6.07 Å². The number of rotatable bonds is 6. The normalized spacial score (nSPS) is 12.6. The van der Waals surface area contributed by atoms with Gasteiger partial charge >= 0.3 is 12.4 Å². The number of nitrogens with two attached hydrogens (primary N) is 3. The third kappa shape index (κ3) is 8.73. The average molecular weight is 693 g/mol. The van der Waals surface area contributed by atoms with Gasteiger partial charge in [0.15, 0.2) is 5.69 Å². The molecule has 4 aromatic rings. The van der Waals surface area contributed by atoms with Gasteiger partial charge in [0.2, 0.25) is 10.0 Å². The van der Waals surface area contributed by atoms with Crippen LogP contribution in [0, 0.1) is 0 Å². The van der Waals surface area contributed by atoms with E-state index in [1.54, 1.807) is 14.1 Å². The van der Waals surface area contributed by atoms with Crippen molar-refractivity contribution in [3.8, 4) is 22.4 Å². The van der Waals surface area contributed by atoms with Crippen LogP contribution in [0.2, 0.25) is 0 Å². The van der Waals surface area contributed by atoms with E-state index in [1.165, 1.54) is 36.2 Å². The van der Waals surface area contributed by atoms with Crippen LogP contribution < -0.4 is 16.6 Å². The van der Waals surface area contributed by atoms with Gasteiger partial charge < -0.3 is 16.4 Å². The van der Waals surface area contributed by atoms with Crippen molar-refractivity contribution < 1.29 is 43.2 Å². The Balaban J connectivity index is 0.000000254. The van der Waals surface area contributed by atoms with Gasteiger partial charge in [-0.15, -0.1) is 4.40 Å². The molecule has 6 N–H and O–H groups in total. The first kappa shape index (κ1) is 35.8. The van der Waals surface area contributed by atoms with Gasteiger partial charge in [0.05, 0.1) is 21.0 Å². The number of hydrogen-bond donors (Lipinski definition) is 3. The van der Waals surface area contributed by atoms with E-state index in [-0.39, 0.29) is 43.6 Å². The van der Waals surface area contributed by atoms with Gasteiger partial charge in [-0.05, 0) is 42.5 Å². The van der Waals surface area contributed by atoms with E-state index in [2.05, 4.69) is 14.5 Å². The zero-order valence-corrected chi connectivity index (χ0v) is 25.7. The summed E-state index contributed by atoms with van der Waals surface area (Å²) in [6.07, 6.45) is -6.34. The SMILES string of the molecule is CN(C)C=NS(=O)(=O)c1cc(N)ccc1-c1cncc(C(F)(F)F)c1.Cn1nc(C(F)(F)F)cc1-c1ccc(N)cc1S(N)(=O)=O. The fourth-order valence-electron chi connectivity index (χ4n) is 3.79. The molecule has 46 heavy (non-hydrogen) atoms. The molecule has 0 spiro atoms. The molecule has 2 aromatic carbocycles. The number of benzene rings is 2. The minimum Gasteiger partial charge on any atom is -0.399 e. The highest BCUT2D eigenvalue weighted by atomic mass is 32.2. The van der Waals surface area contributed by atoms with Crippen LogP contribution in [0.3, 0.4) is 0 Å². The van der Waals surface area contributed by atoms with E-state index in [0.717, 1.165) is 41.5 Å². The number of aromatic nitrogens is 3. The molecule has 0 aliphatic carbocycles. The molecule has 2 aromatic heterocycles. The monoisotopic (exact) mass is 692 g/mol. The smallest absolute Gasteiger partial charge is 0.399 e. The lowest BCUT2D eigenvalue weighted by molar-refractivity contribution is -0.141. The van der Waals surface area contributed by atoms with Crippen LogP contribution in [0.25, 0.3) is 22.4 Å². The molecule has 0 aliphatic heterocycles. The third-order valence-electron chi connectivity index (χ3n) is 5.84. The van der Waals surface area contributed by atoms with Crippen molar-refractivity contribution in [1.29, 1.82) is 0 Å². The molecule has 0 aliphatic rings. The molecule has 4 rings (SSSR count). The molecule has 248 valence electrons. The molecule has 0 saturated carbocycles. The predicted octanol–water partition coefficient (Wildman–Crippen LogP) is 3.96. The van der Waals surface area contributed by atoms with E-state index in [0.29, 0.717) is 6.20 Å². The predicted molar refractivity (Wildman–Crippen MR) is 158 cm³/mol. The number of sulfonamides is 2. The van der Waals surface area contributed by atoms with Gasteiger partial charge in [-0.3, -0.25) is 9.67 Å². The molecule has 0 saturated heterocycles. The Morgan fingerprint density at radius 1 is 0.826 bits per heavy atom. The van der Waals surface area contributed by atoms with Gasteiger partial charge in [-0.25, -0.2) is 13.6 Å². The van der Waals surface area contributed by atoms with Crippen molar-refractivity contribution in [2.24, 2.45) is 16.6 Å². The highest BCUT2D eigenvalue weighted by molar-refractivity contribution is 7.90. The maximum absolute atomic E-state index is 12.9.